The molecule has 0 aromatic carbocycles. The number of hydrogen-bond donors (Lipinski definition) is 2. The molecule has 5 nitrogen and oxygen atoms in total. The fraction of sp³-hybridized carbons (Fsp3) is 0.636. The van der Waals surface area contributed by atoms with Crippen molar-refractivity contribution in [3.05, 3.63) is 12.2 Å². The average Bonchev–Trinajstić information content (AvgIpc) is 2.73. The summed E-state index contributed by atoms with van der Waals surface area (Å²) in [6.07, 6.45) is 4.73. The molecule has 90 valence electrons. The van der Waals surface area contributed by atoms with Crippen LogP contribution < -0.4 is 0 Å². The van der Waals surface area contributed by atoms with Crippen molar-refractivity contribution in [1.82, 2.24) is 4.90 Å². The molecule has 1 saturated heterocycles. The molecule has 1 amide bonds. The summed E-state index contributed by atoms with van der Waals surface area (Å²) in [5.41, 5.74) is 0. The molecule has 0 bridgehead atoms. The van der Waals surface area contributed by atoms with Crippen molar-refractivity contribution in [3.8, 4) is 0 Å². The predicted octanol–water partition coefficient (Wildman–Crippen LogP) is 1.03. The third-order valence-electron chi connectivity index (χ3n) is 2.83. The van der Waals surface area contributed by atoms with Crippen molar-refractivity contribution in [2.75, 3.05) is 6.54 Å². The zero-order valence-electron chi connectivity index (χ0n) is 9.08. The molecule has 2 N–H and O–H groups in total. The van der Waals surface area contributed by atoms with Gasteiger partial charge in [-0.15, -0.1) is 0 Å². The number of rotatable bonds is 5. The largest absolute Gasteiger partial charge is 0.465 e. The lowest BCUT2D eigenvalue weighted by Crippen LogP contribution is -2.41. The van der Waals surface area contributed by atoms with Gasteiger partial charge in [0.05, 0.1) is 12.1 Å². The average molecular weight is 227 g/mol. The van der Waals surface area contributed by atoms with Gasteiger partial charge in [-0.1, -0.05) is 6.08 Å². The molecule has 1 aliphatic heterocycles. The maximum Gasteiger partial charge on any atom is 0.407 e. The molecule has 0 aliphatic carbocycles. The number of carboxylic acid groups (broad SMARTS) is 1. The molecule has 0 saturated carbocycles. The molecule has 16 heavy (non-hydrogen) atoms. The van der Waals surface area contributed by atoms with E-state index in [9.17, 15) is 14.7 Å². The third kappa shape index (κ3) is 3.34. The summed E-state index contributed by atoms with van der Waals surface area (Å²) < 4.78 is 0. The van der Waals surface area contributed by atoms with Gasteiger partial charge in [-0.2, -0.15) is 0 Å². The molecule has 5 heteroatoms. The van der Waals surface area contributed by atoms with E-state index in [2.05, 4.69) is 0 Å². The van der Waals surface area contributed by atoms with Crippen molar-refractivity contribution in [2.24, 2.45) is 0 Å². The second-order valence-electron chi connectivity index (χ2n) is 3.89. The number of carbonyl (C=O) groups is 2. The number of aliphatic hydroxyl groups is 1. The van der Waals surface area contributed by atoms with Gasteiger partial charge >= 0.3 is 6.09 Å². The van der Waals surface area contributed by atoms with Crippen LogP contribution in [0.2, 0.25) is 0 Å². The number of hydrogen-bond acceptors (Lipinski definition) is 3. The quantitative estimate of drug-likeness (QED) is 0.543. The van der Waals surface area contributed by atoms with Crippen LogP contribution in [-0.2, 0) is 4.79 Å². The number of allylic oxidation sites excluding steroid dienone is 2. The normalized spacial score (nSPS) is 22.6. The molecule has 0 aromatic heterocycles. The number of aliphatic hydroxyl groups excluding tert-OH is 1. The topological polar surface area (TPSA) is 77.8 Å². The summed E-state index contributed by atoms with van der Waals surface area (Å²) in [7, 11) is 0. The summed E-state index contributed by atoms with van der Waals surface area (Å²) in [6, 6.07) is -0.290. The minimum absolute atomic E-state index is 0.290. The van der Waals surface area contributed by atoms with Gasteiger partial charge in [-0.3, -0.25) is 4.79 Å². The molecule has 1 aliphatic rings. The summed E-state index contributed by atoms with van der Waals surface area (Å²) in [5, 5.41) is 18.7. The molecule has 1 unspecified atom stereocenters. The number of aldehydes is 1. The van der Waals surface area contributed by atoms with Gasteiger partial charge in [0.2, 0.25) is 0 Å². The Morgan fingerprint density at radius 2 is 2.31 bits per heavy atom. The third-order valence-corrected chi connectivity index (χ3v) is 2.83. The summed E-state index contributed by atoms with van der Waals surface area (Å²) in [5.74, 6) is 0. The lowest BCUT2D eigenvalue weighted by atomic mass is 10.0. The summed E-state index contributed by atoms with van der Waals surface area (Å²) in [4.78, 5) is 22.2. The molecular weight excluding hydrogens is 210 g/mol. The highest BCUT2D eigenvalue weighted by Crippen LogP contribution is 2.22. The first-order chi connectivity index (χ1) is 7.66. The zero-order chi connectivity index (χ0) is 12.0. The maximum absolute atomic E-state index is 10.8. The van der Waals surface area contributed by atoms with Crippen LogP contribution in [0.5, 0.6) is 0 Å². The van der Waals surface area contributed by atoms with Crippen LogP contribution >= 0.6 is 0 Å². The van der Waals surface area contributed by atoms with Gasteiger partial charge in [0.25, 0.3) is 0 Å². The highest BCUT2D eigenvalue weighted by Gasteiger charge is 2.33. The van der Waals surface area contributed by atoms with Crippen LogP contribution in [0.4, 0.5) is 4.79 Å². The van der Waals surface area contributed by atoms with Crippen molar-refractivity contribution in [1.29, 1.82) is 0 Å². The lowest BCUT2D eigenvalue weighted by molar-refractivity contribution is -0.104. The molecule has 0 spiro atoms. The Morgan fingerprint density at radius 1 is 1.56 bits per heavy atom. The zero-order valence-corrected chi connectivity index (χ0v) is 9.08. The van der Waals surface area contributed by atoms with Gasteiger partial charge in [-0.05, 0) is 31.8 Å². The minimum atomic E-state index is -0.968. The number of carbonyl (C=O) groups excluding carboxylic acids is 1. The van der Waals surface area contributed by atoms with E-state index in [1.54, 1.807) is 6.08 Å². The van der Waals surface area contributed by atoms with Gasteiger partial charge < -0.3 is 15.1 Å². The summed E-state index contributed by atoms with van der Waals surface area (Å²) in [6.45, 7) is 0.501. The first kappa shape index (κ1) is 12.7. The van der Waals surface area contributed by atoms with Crippen molar-refractivity contribution in [2.45, 2.75) is 37.8 Å². The van der Waals surface area contributed by atoms with Crippen LogP contribution in [0.1, 0.15) is 25.7 Å². The highest BCUT2D eigenvalue weighted by atomic mass is 16.4. The van der Waals surface area contributed by atoms with Crippen LogP contribution in [-0.4, -0.2) is 46.2 Å². The Kier molecular flexibility index (Phi) is 4.98. The van der Waals surface area contributed by atoms with E-state index >= 15 is 0 Å². The Balaban J connectivity index is 2.40. The summed E-state index contributed by atoms with van der Waals surface area (Å²) >= 11 is 0. The molecular formula is C11H17NO4. The number of amides is 1. The van der Waals surface area contributed by atoms with E-state index in [1.165, 1.54) is 11.0 Å². The van der Waals surface area contributed by atoms with Crippen LogP contribution in [0.25, 0.3) is 0 Å². The van der Waals surface area contributed by atoms with Crippen molar-refractivity contribution < 1.29 is 19.8 Å². The first-order valence-electron chi connectivity index (χ1n) is 5.44. The fourth-order valence-corrected chi connectivity index (χ4v) is 2.04. The standard InChI is InChI=1S/C11H17NO4/c13-8-3-1-2-6-10(14)9-5-4-7-12(9)11(15)16/h1,3,8-10,14H,2,4-7H2,(H,15,16)/b3-1+/t9-,10?/m0/s1. The molecule has 0 aromatic rings. The SMILES string of the molecule is O=C/C=C/CCC(O)[C@@H]1CCCN1C(=O)O. The van der Waals surface area contributed by atoms with Gasteiger partial charge in [0, 0.05) is 6.54 Å². The second kappa shape index (κ2) is 6.27. The highest BCUT2D eigenvalue weighted by molar-refractivity contribution is 5.66. The Morgan fingerprint density at radius 3 is 2.94 bits per heavy atom. The Hall–Kier alpha value is -1.36. The van der Waals surface area contributed by atoms with Crippen LogP contribution in [0, 0.1) is 0 Å². The van der Waals surface area contributed by atoms with E-state index in [1.807, 2.05) is 0 Å². The van der Waals surface area contributed by atoms with Gasteiger partial charge in [0.15, 0.2) is 0 Å². The van der Waals surface area contributed by atoms with E-state index in [4.69, 9.17) is 5.11 Å². The monoisotopic (exact) mass is 227 g/mol. The van der Waals surface area contributed by atoms with Crippen molar-refractivity contribution in [3.63, 3.8) is 0 Å². The molecule has 1 fully saturated rings. The fourth-order valence-electron chi connectivity index (χ4n) is 2.04. The van der Waals surface area contributed by atoms with E-state index in [0.29, 0.717) is 32.1 Å². The van der Waals surface area contributed by atoms with E-state index in [-0.39, 0.29) is 6.04 Å². The van der Waals surface area contributed by atoms with E-state index < -0.39 is 12.2 Å². The molecule has 1 rings (SSSR count). The van der Waals surface area contributed by atoms with Crippen molar-refractivity contribution >= 4 is 12.4 Å². The predicted molar refractivity (Wildman–Crippen MR) is 58.2 cm³/mol. The van der Waals surface area contributed by atoms with Gasteiger partial charge in [0.1, 0.15) is 6.29 Å². The van der Waals surface area contributed by atoms with E-state index in [0.717, 1.165) is 6.42 Å². The second-order valence-corrected chi connectivity index (χ2v) is 3.89. The maximum atomic E-state index is 10.8. The number of nitrogens with zero attached hydrogens (tertiary/aromatic N) is 1. The number of likely N-dealkylation sites (tertiary alicyclic amines) is 1. The molecule has 1 heterocycles. The lowest BCUT2D eigenvalue weighted by Gasteiger charge is -2.25. The smallest absolute Gasteiger partial charge is 0.407 e. The Bertz CT molecular complexity index is 277. The minimum Gasteiger partial charge on any atom is -0.465 e. The molecule has 0 radical (unpaired) electrons. The first-order valence-corrected chi connectivity index (χ1v) is 5.44. The molecule has 2 atom stereocenters. The van der Waals surface area contributed by atoms with Crippen LogP contribution in [0.15, 0.2) is 12.2 Å². The Labute approximate surface area is 94.4 Å². The van der Waals surface area contributed by atoms with Crippen LogP contribution in [0.3, 0.4) is 0 Å². The van der Waals surface area contributed by atoms with Gasteiger partial charge in [-0.25, -0.2) is 4.79 Å².